The van der Waals surface area contributed by atoms with Gasteiger partial charge in [-0.1, -0.05) is 18.2 Å². The van der Waals surface area contributed by atoms with Gasteiger partial charge in [-0.05, 0) is 43.5 Å². The van der Waals surface area contributed by atoms with E-state index in [1.54, 1.807) is 14.2 Å². The van der Waals surface area contributed by atoms with Crippen molar-refractivity contribution in [2.75, 3.05) is 40.5 Å². The average Bonchev–Trinajstić information content (AvgIpc) is 3.36. The maximum absolute atomic E-state index is 12.6. The molecule has 6 heteroatoms. The second-order valence-electron chi connectivity index (χ2n) is 8.07. The third-order valence-corrected chi connectivity index (χ3v) is 5.75. The number of benzene rings is 1. The highest BCUT2D eigenvalue weighted by molar-refractivity contribution is 5.77. The van der Waals surface area contributed by atoms with Crippen LogP contribution in [0.2, 0.25) is 0 Å². The number of hydrogen-bond acceptors (Lipinski definition) is 4. The van der Waals surface area contributed by atoms with Crippen molar-refractivity contribution in [3.8, 4) is 5.75 Å². The number of carbonyl (C=O) groups excluding carboxylic acids is 1. The Morgan fingerprint density at radius 1 is 1.21 bits per heavy atom. The molecule has 0 bridgehead atoms. The molecule has 158 valence electrons. The Balaban J connectivity index is 1.84. The molecule has 0 unspecified atom stereocenters. The molecule has 1 aromatic heterocycles. The van der Waals surface area contributed by atoms with Gasteiger partial charge < -0.3 is 19.4 Å². The summed E-state index contributed by atoms with van der Waals surface area (Å²) < 4.78 is 10.8. The molecular formula is C23H33N3O3. The molecule has 3 rings (SSSR count). The quantitative estimate of drug-likeness (QED) is 0.704. The highest BCUT2D eigenvalue weighted by Crippen LogP contribution is 2.38. The van der Waals surface area contributed by atoms with Crippen molar-refractivity contribution in [3.63, 3.8) is 0 Å². The second-order valence-corrected chi connectivity index (χ2v) is 8.07. The van der Waals surface area contributed by atoms with Crippen LogP contribution in [-0.2, 0) is 16.1 Å². The number of nitrogens with one attached hydrogen (secondary N) is 1. The predicted octanol–water partition coefficient (Wildman–Crippen LogP) is 3.12. The van der Waals surface area contributed by atoms with Crippen LogP contribution in [0.5, 0.6) is 5.75 Å². The number of rotatable bonds is 9. The zero-order valence-corrected chi connectivity index (χ0v) is 17.9. The average molecular weight is 400 g/mol. The number of ether oxygens (including phenoxy) is 2. The molecule has 29 heavy (non-hydrogen) atoms. The molecule has 0 spiro atoms. The van der Waals surface area contributed by atoms with E-state index in [4.69, 9.17) is 9.47 Å². The fraction of sp³-hybridized carbons (Fsp3) is 0.522. The fourth-order valence-electron chi connectivity index (χ4n) is 4.37. The van der Waals surface area contributed by atoms with E-state index in [1.807, 2.05) is 29.3 Å². The number of hydrogen-bond donors (Lipinski definition) is 1. The number of carbonyl (C=O) groups is 1. The molecule has 2 aromatic rings. The fourth-order valence-corrected chi connectivity index (χ4v) is 4.37. The largest absolute Gasteiger partial charge is 0.496 e. The molecule has 0 saturated carbocycles. The number of likely N-dealkylation sites (tertiary alicyclic amines) is 1. The third kappa shape index (κ3) is 5.19. The zero-order valence-electron chi connectivity index (χ0n) is 17.9. The minimum atomic E-state index is 0.0455. The molecule has 1 fully saturated rings. The predicted molar refractivity (Wildman–Crippen MR) is 114 cm³/mol. The molecule has 1 aliphatic rings. The number of nitrogens with zero attached hydrogens (tertiary/aromatic N) is 2. The van der Waals surface area contributed by atoms with Gasteiger partial charge in [-0.15, -0.1) is 0 Å². The molecule has 0 aliphatic carbocycles. The van der Waals surface area contributed by atoms with Crippen molar-refractivity contribution in [3.05, 3.63) is 53.9 Å². The van der Waals surface area contributed by atoms with E-state index < -0.39 is 0 Å². The Labute approximate surface area is 173 Å². The van der Waals surface area contributed by atoms with Crippen molar-refractivity contribution in [2.45, 2.75) is 32.4 Å². The summed E-state index contributed by atoms with van der Waals surface area (Å²) in [6.07, 6.45) is 1.96. The summed E-state index contributed by atoms with van der Waals surface area (Å²) in [5.74, 6) is 1.59. The highest BCUT2D eigenvalue weighted by Gasteiger charge is 2.37. The van der Waals surface area contributed by atoms with E-state index in [2.05, 4.69) is 41.9 Å². The van der Waals surface area contributed by atoms with Gasteiger partial charge in [0.05, 0.1) is 7.11 Å². The molecule has 6 nitrogen and oxygen atoms in total. The van der Waals surface area contributed by atoms with Crippen LogP contribution >= 0.6 is 0 Å². The van der Waals surface area contributed by atoms with Crippen LogP contribution in [0.15, 0.2) is 42.6 Å². The van der Waals surface area contributed by atoms with Gasteiger partial charge in [0.1, 0.15) is 12.4 Å². The Kier molecular flexibility index (Phi) is 7.34. The van der Waals surface area contributed by atoms with Crippen LogP contribution in [0.3, 0.4) is 0 Å². The highest BCUT2D eigenvalue weighted by atomic mass is 16.5. The first kappa shape index (κ1) is 21.4. The van der Waals surface area contributed by atoms with Crippen LogP contribution in [0.25, 0.3) is 0 Å². The van der Waals surface area contributed by atoms with Gasteiger partial charge in [0.2, 0.25) is 5.91 Å². The monoisotopic (exact) mass is 399 g/mol. The minimum Gasteiger partial charge on any atom is -0.496 e. The summed E-state index contributed by atoms with van der Waals surface area (Å²) in [7, 11) is 3.30. The van der Waals surface area contributed by atoms with Crippen molar-refractivity contribution < 1.29 is 14.3 Å². The SMILES string of the molecule is COCC(=O)N(C[C@@H]1CN(Cc2ccc[nH]2)C[C@@H]1c1ccccc1OC)C(C)C. The molecule has 2 atom stereocenters. The number of aromatic amines is 1. The number of aromatic nitrogens is 1. The molecule has 1 aromatic carbocycles. The number of methoxy groups -OCH3 is 2. The van der Waals surface area contributed by atoms with Crippen molar-refractivity contribution >= 4 is 5.91 Å². The van der Waals surface area contributed by atoms with Gasteiger partial charge in [-0.2, -0.15) is 0 Å². The summed E-state index contributed by atoms with van der Waals surface area (Å²) in [6, 6.07) is 12.5. The van der Waals surface area contributed by atoms with Crippen LogP contribution < -0.4 is 4.74 Å². The zero-order chi connectivity index (χ0) is 20.8. The molecule has 1 aliphatic heterocycles. The molecule has 0 radical (unpaired) electrons. The smallest absolute Gasteiger partial charge is 0.248 e. The number of H-pyrrole nitrogens is 1. The molecule has 2 heterocycles. The van der Waals surface area contributed by atoms with E-state index in [1.165, 1.54) is 11.3 Å². The Morgan fingerprint density at radius 2 is 2.00 bits per heavy atom. The lowest BCUT2D eigenvalue weighted by molar-refractivity contribution is -0.137. The Hall–Kier alpha value is -2.31. The minimum absolute atomic E-state index is 0.0455. The first-order valence-corrected chi connectivity index (χ1v) is 10.3. The molecule has 1 amide bonds. The Bertz CT molecular complexity index is 775. The van der Waals surface area contributed by atoms with Gasteiger partial charge in [-0.3, -0.25) is 9.69 Å². The summed E-state index contributed by atoms with van der Waals surface area (Å²) in [5, 5.41) is 0. The third-order valence-electron chi connectivity index (χ3n) is 5.75. The van der Waals surface area contributed by atoms with Crippen molar-refractivity contribution in [1.82, 2.24) is 14.8 Å². The van der Waals surface area contributed by atoms with Gasteiger partial charge in [0.15, 0.2) is 0 Å². The van der Waals surface area contributed by atoms with Crippen LogP contribution in [0.1, 0.15) is 31.0 Å². The van der Waals surface area contributed by atoms with Gasteiger partial charge >= 0.3 is 0 Å². The van der Waals surface area contributed by atoms with E-state index in [0.29, 0.717) is 18.4 Å². The van der Waals surface area contributed by atoms with Crippen LogP contribution in [0.4, 0.5) is 0 Å². The maximum atomic E-state index is 12.6. The van der Waals surface area contributed by atoms with Gasteiger partial charge in [0, 0.05) is 57.1 Å². The van der Waals surface area contributed by atoms with Crippen molar-refractivity contribution in [1.29, 1.82) is 0 Å². The topological polar surface area (TPSA) is 57.8 Å². The molecule has 1 N–H and O–H groups in total. The van der Waals surface area contributed by atoms with Crippen molar-refractivity contribution in [2.24, 2.45) is 5.92 Å². The molecule has 1 saturated heterocycles. The summed E-state index contributed by atoms with van der Waals surface area (Å²) in [6.45, 7) is 7.72. The van der Waals surface area contributed by atoms with E-state index >= 15 is 0 Å². The summed E-state index contributed by atoms with van der Waals surface area (Å²) in [4.78, 5) is 20.4. The van der Waals surface area contributed by atoms with Gasteiger partial charge in [0.25, 0.3) is 0 Å². The summed E-state index contributed by atoms with van der Waals surface area (Å²) in [5.41, 5.74) is 2.43. The normalized spacial score (nSPS) is 19.6. The molecular weight excluding hydrogens is 366 g/mol. The van der Waals surface area contributed by atoms with E-state index in [0.717, 1.165) is 25.4 Å². The second kappa shape index (κ2) is 9.94. The lowest BCUT2D eigenvalue weighted by atomic mass is 9.87. The van der Waals surface area contributed by atoms with E-state index in [-0.39, 0.29) is 18.6 Å². The first-order valence-electron chi connectivity index (χ1n) is 10.3. The number of amides is 1. The van der Waals surface area contributed by atoms with Crippen LogP contribution in [0, 0.1) is 5.92 Å². The lowest BCUT2D eigenvalue weighted by Crippen LogP contribution is -2.43. The lowest BCUT2D eigenvalue weighted by Gasteiger charge is -2.31. The number of para-hydroxylation sites is 1. The van der Waals surface area contributed by atoms with Crippen LogP contribution in [-0.4, -0.2) is 67.2 Å². The van der Waals surface area contributed by atoms with Gasteiger partial charge in [-0.25, -0.2) is 0 Å². The maximum Gasteiger partial charge on any atom is 0.248 e. The van der Waals surface area contributed by atoms with E-state index in [9.17, 15) is 4.79 Å². The standard InChI is InChI=1S/C23H33N3O3/c1-17(2)26(23(27)16-28-3)13-18-12-25(14-19-8-7-11-24-19)15-21(18)20-9-5-6-10-22(20)29-4/h5-11,17-18,21,24H,12-16H2,1-4H3/t18-,21-/m0/s1. The Morgan fingerprint density at radius 3 is 2.66 bits per heavy atom. The summed E-state index contributed by atoms with van der Waals surface area (Å²) >= 11 is 0. The first-order chi connectivity index (χ1) is 14.0.